The fourth-order valence-electron chi connectivity index (χ4n) is 2.78. The van der Waals surface area contributed by atoms with E-state index in [1.54, 1.807) is 0 Å². The third-order valence-electron chi connectivity index (χ3n) is 3.63. The van der Waals surface area contributed by atoms with Gasteiger partial charge in [-0.15, -0.1) is 5.10 Å². The highest BCUT2D eigenvalue weighted by Crippen LogP contribution is 2.30. The van der Waals surface area contributed by atoms with E-state index < -0.39 is 11.2 Å². The van der Waals surface area contributed by atoms with Gasteiger partial charge in [-0.25, -0.2) is 9.89 Å². The summed E-state index contributed by atoms with van der Waals surface area (Å²) < 4.78 is 0. The zero-order chi connectivity index (χ0) is 13.1. The quantitative estimate of drug-likeness (QED) is 0.665. The first-order chi connectivity index (χ1) is 8.67. The maximum absolute atomic E-state index is 11.8. The molecule has 7 nitrogen and oxygen atoms in total. The van der Waals surface area contributed by atoms with Crippen LogP contribution in [0.2, 0.25) is 0 Å². The summed E-state index contributed by atoms with van der Waals surface area (Å²) >= 11 is 0. The molecule has 100 valence electrons. The van der Waals surface area contributed by atoms with Gasteiger partial charge in [0.1, 0.15) is 0 Å². The first kappa shape index (κ1) is 12.8. The zero-order valence-corrected chi connectivity index (χ0v) is 10.5. The van der Waals surface area contributed by atoms with Gasteiger partial charge in [-0.2, -0.15) is 0 Å². The molecule has 0 saturated heterocycles. The molecule has 2 rings (SSSR count). The van der Waals surface area contributed by atoms with Gasteiger partial charge in [-0.1, -0.05) is 6.42 Å². The lowest BCUT2D eigenvalue weighted by Crippen LogP contribution is -2.44. The van der Waals surface area contributed by atoms with Crippen LogP contribution in [0.5, 0.6) is 0 Å². The van der Waals surface area contributed by atoms with Gasteiger partial charge in [0.25, 0.3) is 5.56 Å². The van der Waals surface area contributed by atoms with E-state index in [0.717, 1.165) is 19.3 Å². The summed E-state index contributed by atoms with van der Waals surface area (Å²) in [7, 11) is 0. The maximum Gasteiger partial charge on any atom is 0.342 e. The number of nitrogens with one attached hydrogen (secondary N) is 2. The summed E-state index contributed by atoms with van der Waals surface area (Å²) in [4.78, 5) is 26.9. The van der Waals surface area contributed by atoms with E-state index in [1.165, 1.54) is 0 Å². The first-order valence-corrected chi connectivity index (χ1v) is 6.33. The molecule has 0 aromatic carbocycles. The van der Waals surface area contributed by atoms with Crippen molar-refractivity contribution in [3.8, 4) is 0 Å². The van der Waals surface area contributed by atoms with Crippen LogP contribution in [0.4, 0.5) is 5.82 Å². The van der Waals surface area contributed by atoms with Crippen molar-refractivity contribution in [1.82, 2.24) is 15.2 Å². The summed E-state index contributed by atoms with van der Waals surface area (Å²) in [6.07, 6.45) is 3.21. The Labute approximate surface area is 104 Å². The van der Waals surface area contributed by atoms with E-state index in [4.69, 9.17) is 5.73 Å². The normalized spacial score (nSPS) is 23.2. The van der Waals surface area contributed by atoms with Crippen LogP contribution in [-0.4, -0.2) is 34.3 Å². The van der Waals surface area contributed by atoms with Crippen LogP contribution in [0.1, 0.15) is 26.2 Å². The number of nitrogens with zero attached hydrogens (tertiary/aromatic N) is 2. The van der Waals surface area contributed by atoms with Gasteiger partial charge in [0, 0.05) is 12.6 Å². The molecule has 0 aliphatic heterocycles. The second kappa shape index (κ2) is 5.34. The number of anilines is 1. The van der Waals surface area contributed by atoms with Crippen LogP contribution in [0.3, 0.4) is 0 Å². The lowest BCUT2D eigenvalue weighted by molar-refractivity contribution is 0.457. The van der Waals surface area contributed by atoms with Crippen molar-refractivity contribution < 1.29 is 0 Å². The molecular formula is C11H19N5O2. The largest absolute Gasteiger partial charge is 0.348 e. The molecule has 1 saturated carbocycles. The van der Waals surface area contributed by atoms with E-state index in [-0.39, 0.29) is 11.9 Å². The lowest BCUT2D eigenvalue weighted by Gasteiger charge is -2.31. The van der Waals surface area contributed by atoms with E-state index in [2.05, 4.69) is 15.2 Å². The van der Waals surface area contributed by atoms with E-state index in [1.807, 2.05) is 11.8 Å². The molecule has 0 radical (unpaired) electrons. The molecule has 1 aliphatic carbocycles. The number of hydrogen-bond donors (Lipinski definition) is 3. The van der Waals surface area contributed by atoms with Crippen molar-refractivity contribution in [2.75, 3.05) is 18.0 Å². The Morgan fingerprint density at radius 1 is 1.44 bits per heavy atom. The van der Waals surface area contributed by atoms with Crippen molar-refractivity contribution >= 4 is 5.82 Å². The number of nitrogens with two attached hydrogens (primary N) is 1. The van der Waals surface area contributed by atoms with E-state index >= 15 is 0 Å². The first-order valence-electron chi connectivity index (χ1n) is 6.33. The van der Waals surface area contributed by atoms with Gasteiger partial charge in [-0.05, 0) is 32.2 Å². The van der Waals surface area contributed by atoms with Crippen molar-refractivity contribution in [3.63, 3.8) is 0 Å². The average molecular weight is 253 g/mol. The predicted molar refractivity (Wildman–Crippen MR) is 68.7 cm³/mol. The van der Waals surface area contributed by atoms with Crippen LogP contribution >= 0.6 is 0 Å². The predicted octanol–water partition coefficient (Wildman–Crippen LogP) is -0.588. The van der Waals surface area contributed by atoms with Crippen molar-refractivity contribution in [2.45, 2.75) is 32.2 Å². The van der Waals surface area contributed by atoms with Gasteiger partial charge >= 0.3 is 5.69 Å². The molecule has 18 heavy (non-hydrogen) atoms. The highest BCUT2D eigenvalue weighted by Gasteiger charge is 2.32. The molecule has 4 N–H and O–H groups in total. The Balaban J connectivity index is 2.33. The minimum Gasteiger partial charge on any atom is -0.348 e. The second-order valence-corrected chi connectivity index (χ2v) is 4.61. The molecule has 0 amide bonds. The highest BCUT2D eigenvalue weighted by molar-refractivity contribution is 5.36. The standard InChI is InChI=1S/C11H19N5O2/c1-2-16(8-5-3-4-7(8)6-12)9-10(17)13-11(18)15-14-9/h7-8H,2-6,12H2,1H3,(H2,13,15,17,18). The fourth-order valence-corrected chi connectivity index (χ4v) is 2.78. The Morgan fingerprint density at radius 3 is 2.83 bits per heavy atom. The molecule has 1 aromatic rings. The zero-order valence-electron chi connectivity index (χ0n) is 10.5. The van der Waals surface area contributed by atoms with Crippen molar-refractivity contribution in [3.05, 3.63) is 20.8 Å². The number of hydrogen-bond acceptors (Lipinski definition) is 5. The molecule has 7 heteroatoms. The second-order valence-electron chi connectivity index (χ2n) is 4.61. The molecule has 1 aromatic heterocycles. The Morgan fingerprint density at radius 2 is 2.22 bits per heavy atom. The number of aromatic amines is 2. The SMILES string of the molecule is CCN(c1n[nH]c(=O)[nH]c1=O)C1CCCC1CN. The molecule has 1 heterocycles. The minimum atomic E-state index is -0.582. The summed E-state index contributed by atoms with van der Waals surface area (Å²) in [5.41, 5.74) is 4.74. The topological polar surface area (TPSA) is 108 Å². The highest BCUT2D eigenvalue weighted by atomic mass is 16.2. The van der Waals surface area contributed by atoms with E-state index in [9.17, 15) is 9.59 Å². The van der Waals surface area contributed by atoms with Gasteiger partial charge < -0.3 is 10.6 Å². The molecule has 2 atom stereocenters. The van der Waals surface area contributed by atoms with Crippen LogP contribution in [0, 0.1) is 5.92 Å². The molecule has 0 spiro atoms. The fraction of sp³-hybridized carbons (Fsp3) is 0.727. The summed E-state index contributed by atoms with van der Waals surface area (Å²) in [6, 6.07) is 0.236. The number of H-pyrrole nitrogens is 2. The van der Waals surface area contributed by atoms with Crippen LogP contribution in [0.15, 0.2) is 9.59 Å². The monoisotopic (exact) mass is 253 g/mol. The van der Waals surface area contributed by atoms with Crippen molar-refractivity contribution in [1.29, 1.82) is 0 Å². The third-order valence-corrected chi connectivity index (χ3v) is 3.63. The smallest absolute Gasteiger partial charge is 0.342 e. The van der Waals surface area contributed by atoms with E-state index in [0.29, 0.717) is 19.0 Å². The Hall–Kier alpha value is -1.63. The average Bonchev–Trinajstić information content (AvgIpc) is 2.81. The molecular weight excluding hydrogens is 234 g/mol. The third kappa shape index (κ3) is 2.31. The van der Waals surface area contributed by atoms with Crippen LogP contribution in [-0.2, 0) is 0 Å². The van der Waals surface area contributed by atoms with Crippen LogP contribution in [0.25, 0.3) is 0 Å². The number of rotatable bonds is 4. The van der Waals surface area contributed by atoms with Gasteiger partial charge in [0.05, 0.1) is 0 Å². The Bertz CT molecular complexity index is 509. The number of aromatic nitrogens is 3. The molecule has 2 unspecified atom stereocenters. The summed E-state index contributed by atoms with van der Waals surface area (Å²) in [6.45, 7) is 3.25. The maximum atomic E-state index is 11.8. The van der Waals surface area contributed by atoms with Gasteiger partial charge in [-0.3, -0.25) is 9.78 Å². The molecule has 0 bridgehead atoms. The molecule has 1 fully saturated rings. The van der Waals surface area contributed by atoms with Gasteiger partial charge in [0.2, 0.25) is 5.82 Å². The molecule has 1 aliphatic rings. The van der Waals surface area contributed by atoms with Crippen molar-refractivity contribution in [2.24, 2.45) is 11.7 Å². The Kier molecular flexibility index (Phi) is 3.81. The lowest BCUT2D eigenvalue weighted by atomic mass is 10.0. The minimum absolute atomic E-state index is 0.236. The summed E-state index contributed by atoms with van der Waals surface area (Å²) in [5.74, 6) is 0.667. The van der Waals surface area contributed by atoms with Crippen LogP contribution < -0.4 is 21.9 Å². The van der Waals surface area contributed by atoms with Gasteiger partial charge in [0.15, 0.2) is 0 Å². The summed E-state index contributed by atoms with van der Waals surface area (Å²) in [5, 5.41) is 6.14.